The minimum Gasteiger partial charge on any atom is -0.315 e. The van der Waals surface area contributed by atoms with E-state index in [1.165, 1.54) is 16.2 Å². The van der Waals surface area contributed by atoms with Gasteiger partial charge in [-0.3, -0.25) is 9.48 Å². The molecule has 1 aliphatic rings. The average molecular weight is 363 g/mol. The van der Waals surface area contributed by atoms with Crippen molar-refractivity contribution in [1.29, 1.82) is 5.26 Å². The van der Waals surface area contributed by atoms with Gasteiger partial charge in [0.15, 0.2) is 0 Å². The molecule has 3 rings (SSSR count). The molecule has 0 spiro atoms. The Bertz CT molecular complexity index is 813. The summed E-state index contributed by atoms with van der Waals surface area (Å²) in [5, 5.41) is 17.9. The number of carbonyl (C=O) groups is 1. The van der Waals surface area contributed by atoms with E-state index < -0.39 is 6.04 Å². The molecule has 1 aliphatic carbocycles. The van der Waals surface area contributed by atoms with Gasteiger partial charge in [0, 0.05) is 11.1 Å². The molecule has 0 aromatic carbocycles. The lowest BCUT2D eigenvalue weighted by atomic mass is 9.88. The van der Waals surface area contributed by atoms with E-state index in [0.717, 1.165) is 24.8 Å². The SMILES string of the molecule is Cc1nn([C@H](C)C(=O)Nc2sc3c(c2C#N)CC[C@H](C)C3)cc1Cl. The van der Waals surface area contributed by atoms with E-state index in [-0.39, 0.29) is 5.91 Å². The van der Waals surface area contributed by atoms with Crippen LogP contribution in [0.5, 0.6) is 0 Å². The Kier molecular flexibility index (Phi) is 4.66. The summed E-state index contributed by atoms with van der Waals surface area (Å²) in [6.07, 6.45) is 4.63. The van der Waals surface area contributed by atoms with Gasteiger partial charge >= 0.3 is 0 Å². The zero-order valence-corrected chi connectivity index (χ0v) is 15.5. The number of nitriles is 1. The van der Waals surface area contributed by atoms with Crippen LogP contribution in [0, 0.1) is 24.2 Å². The molecule has 2 heterocycles. The topological polar surface area (TPSA) is 70.7 Å². The lowest BCUT2D eigenvalue weighted by molar-refractivity contribution is -0.119. The molecule has 1 N–H and O–H groups in total. The summed E-state index contributed by atoms with van der Waals surface area (Å²) in [6.45, 7) is 5.78. The number of aromatic nitrogens is 2. The van der Waals surface area contributed by atoms with E-state index in [1.807, 2.05) is 0 Å². The molecule has 2 aromatic heterocycles. The first kappa shape index (κ1) is 17.0. The van der Waals surface area contributed by atoms with Crippen molar-refractivity contribution in [2.24, 2.45) is 5.92 Å². The van der Waals surface area contributed by atoms with E-state index in [2.05, 4.69) is 23.4 Å². The van der Waals surface area contributed by atoms with Crippen LogP contribution in [-0.4, -0.2) is 15.7 Å². The predicted octanol–water partition coefficient (Wildman–Crippen LogP) is 4.10. The van der Waals surface area contributed by atoms with Crippen LogP contribution in [0.15, 0.2) is 6.20 Å². The number of nitrogens with one attached hydrogen (secondary N) is 1. The third-order valence-corrected chi connectivity index (χ3v) is 6.03. The molecule has 24 heavy (non-hydrogen) atoms. The summed E-state index contributed by atoms with van der Waals surface area (Å²) in [6, 6.07) is 1.77. The van der Waals surface area contributed by atoms with E-state index in [0.29, 0.717) is 27.2 Å². The van der Waals surface area contributed by atoms with Crippen LogP contribution < -0.4 is 5.32 Å². The van der Waals surface area contributed by atoms with Gasteiger partial charge in [-0.1, -0.05) is 18.5 Å². The zero-order chi connectivity index (χ0) is 17.4. The van der Waals surface area contributed by atoms with Crippen LogP contribution in [0.3, 0.4) is 0 Å². The lowest BCUT2D eigenvalue weighted by Gasteiger charge is -2.17. The van der Waals surface area contributed by atoms with Crippen molar-refractivity contribution in [3.8, 4) is 6.07 Å². The van der Waals surface area contributed by atoms with Gasteiger partial charge in [0.1, 0.15) is 17.1 Å². The minimum absolute atomic E-state index is 0.197. The number of hydrogen-bond acceptors (Lipinski definition) is 4. The number of carbonyl (C=O) groups excluding carboxylic acids is 1. The maximum absolute atomic E-state index is 12.6. The van der Waals surface area contributed by atoms with E-state index in [9.17, 15) is 10.1 Å². The van der Waals surface area contributed by atoms with Crippen LogP contribution in [-0.2, 0) is 17.6 Å². The number of aryl methyl sites for hydroxylation is 1. The Morgan fingerprint density at radius 1 is 1.62 bits per heavy atom. The highest BCUT2D eigenvalue weighted by Gasteiger charge is 2.26. The zero-order valence-electron chi connectivity index (χ0n) is 13.9. The van der Waals surface area contributed by atoms with Gasteiger partial charge in [0.05, 0.1) is 16.3 Å². The second-order valence-electron chi connectivity index (χ2n) is 6.38. The average Bonchev–Trinajstić information content (AvgIpc) is 3.05. The maximum atomic E-state index is 12.6. The van der Waals surface area contributed by atoms with Crippen molar-refractivity contribution in [3.63, 3.8) is 0 Å². The minimum atomic E-state index is -0.499. The molecule has 2 atom stereocenters. The number of fused-ring (bicyclic) bond motifs is 1. The number of rotatable bonds is 3. The van der Waals surface area contributed by atoms with Crippen molar-refractivity contribution in [3.05, 3.63) is 32.9 Å². The molecule has 0 aliphatic heterocycles. The summed E-state index contributed by atoms with van der Waals surface area (Å²) in [4.78, 5) is 13.8. The first-order valence-corrected chi connectivity index (χ1v) is 9.17. The Hall–Kier alpha value is -1.84. The molecule has 7 heteroatoms. The van der Waals surface area contributed by atoms with Crippen LogP contribution in [0.1, 0.15) is 48.0 Å². The fourth-order valence-corrected chi connectivity index (χ4v) is 4.45. The van der Waals surface area contributed by atoms with Gasteiger partial charge in [-0.15, -0.1) is 11.3 Å². The first-order valence-electron chi connectivity index (χ1n) is 7.97. The Morgan fingerprint density at radius 2 is 2.38 bits per heavy atom. The highest BCUT2D eigenvalue weighted by molar-refractivity contribution is 7.16. The van der Waals surface area contributed by atoms with E-state index in [1.54, 1.807) is 24.7 Å². The molecule has 0 unspecified atom stereocenters. The largest absolute Gasteiger partial charge is 0.315 e. The van der Waals surface area contributed by atoms with Crippen LogP contribution >= 0.6 is 22.9 Å². The summed E-state index contributed by atoms with van der Waals surface area (Å²) in [5.41, 5.74) is 2.42. The maximum Gasteiger partial charge on any atom is 0.249 e. The van der Waals surface area contributed by atoms with Crippen molar-refractivity contribution < 1.29 is 4.79 Å². The standard InChI is InChI=1S/C17H19ClN4OS/c1-9-4-5-12-13(7-19)17(24-15(12)6-9)20-16(23)11(3)22-8-14(18)10(2)21-22/h8-9,11H,4-6H2,1-3H3,(H,20,23)/t9-,11+/m0/s1. The van der Waals surface area contributed by atoms with Gasteiger partial charge in [0.2, 0.25) is 5.91 Å². The summed E-state index contributed by atoms with van der Waals surface area (Å²) < 4.78 is 1.55. The predicted molar refractivity (Wildman–Crippen MR) is 95.5 cm³/mol. The van der Waals surface area contributed by atoms with Gasteiger partial charge in [-0.05, 0) is 44.6 Å². The molecule has 5 nitrogen and oxygen atoms in total. The van der Waals surface area contributed by atoms with Crippen molar-refractivity contribution in [2.75, 3.05) is 5.32 Å². The number of thiophene rings is 1. The second-order valence-corrected chi connectivity index (χ2v) is 7.89. The lowest BCUT2D eigenvalue weighted by Crippen LogP contribution is -2.24. The number of hydrogen-bond donors (Lipinski definition) is 1. The number of halogens is 1. The van der Waals surface area contributed by atoms with Crippen molar-refractivity contribution in [2.45, 2.75) is 46.1 Å². The molecule has 0 bridgehead atoms. The van der Waals surface area contributed by atoms with Crippen LogP contribution in [0.25, 0.3) is 0 Å². The Labute approximate surface area is 150 Å². The van der Waals surface area contributed by atoms with Crippen LogP contribution in [0.2, 0.25) is 5.02 Å². The monoisotopic (exact) mass is 362 g/mol. The smallest absolute Gasteiger partial charge is 0.249 e. The van der Waals surface area contributed by atoms with Gasteiger partial charge in [0.25, 0.3) is 0 Å². The van der Waals surface area contributed by atoms with Crippen molar-refractivity contribution >= 4 is 33.8 Å². The quantitative estimate of drug-likeness (QED) is 0.893. The number of amides is 1. The number of nitrogens with zero attached hydrogens (tertiary/aromatic N) is 3. The highest BCUT2D eigenvalue weighted by atomic mass is 35.5. The summed E-state index contributed by atoms with van der Waals surface area (Å²) >= 11 is 7.54. The molecular formula is C17H19ClN4OS. The molecule has 0 saturated carbocycles. The van der Waals surface area contributed by atoms with E-state index in [4.69, 9.17) is 11.6 Å². The first-order chi connectivity index (χ1) is 11.4. The normalized spacial score (nSPS) is 17.9. The van der Waals surface area contributed by atoms with Crippen LogP contribution in [0.4, 0.5) is 5.00 Å². The van der Waals surface area contributed by atoms with Crippen molar-refractivity contribution in [1.82, 2.24) is 9.78 Å². The molecule has 1 amide bonds. The molecular weight excluding hydrogens is 344 g/mol. The van der Waals surface area contributed by atoms with Gasteiger partial charge < -0.3 is 5.32 Å². The Balaban J connectivity index is 1.83. The molecule has 0 fully saturated rings. The van der Waals surface area contributed by atoms with E-state index >= 15 is 0 Å². The number of anilines is 1. The van der Waals surface area contributed by atoms with Gasteiger partial charge in [-0.25, -0.2) is 0 Å². The Morgan fingerprint density at radius 3 is 3.00 bits per heavy atom. The third kappa shape index (κ3) is 3.06. The third-order valence-electron chi connectivity index (χ3n) is 4.49. The second kappa shape index (κ2) is 6.58. The van der Waals surface area contributed by atoms with Gasteiger partial charge in [-0.2, -0.15) is 10.4 Å². The summed E-state index contributed by atoms with van der Waals surface area (Å²) in [7, 11) is 0. The molecule has 2 aromatic rings. The molecule has 0 saturated heterocycles. The molecule has 0 radical (unpaired) electrons. The highest BCUT2D eigenvalue weighted by Crippen LogP contribution is 2.39. The fourth-order valence-electron chi connectivity index (χ4n) is 2.95. The molecule has 126 valence electrons. The fraction of sp³-hybridized carbons (Fsp3) is 0.471. The summed E-state index contributed by atoms with van der Waals surface area (Å²) in [5.74, 6) is 0.427.